The van der Waals surface area contributed by atoms with Crippen molar-refractivity contribution in [1.29, 1.82) is 0 Å². The Balaban J connectivity index is 2.07. The molecule has 2 aromatic carbocycles. The lowest BCUT2D eigenvalue weighted by atomic mass is 10.0. The van der Waals surface area contributed by atoms with Gasteiger partial charge in [0, 0.05) is 16.8 Å². The third kappa shape index (κ3) is 3.75. The van der Waals surface area contributed by atoms with Crippen LogP contribution in [0.4, 0.5) is 0 Å². The molecule has 0 spiro atoms. The molecule has 0 aliphatic heterocycles. The molecule has 0 bridgehead atoms. The molecule has 2 heteroatoms. The molecule has 0 atom stereocenters. The molecule has 0 fully saturated rings. The van der Waals surface area contributed by atoms with Crippen molar-refractivity contribution in [2.75, 3.05) is 0 Å². The maximum absolute atomic E-state index is 4.86. The maximum atomic E-state index is 4.86. The molecule has 3 rings (SSSR count). The molecule has 0 N–H and O–H groups in total. The van der Waals surface area contributed by atoms with Crippen molar-refractivity contribution in [3.05, 3.63) is 102 Å². The van der Waals surface area contributed by atoms with Crippen LogP contribution in [0, 0.1) is 13.8 Å². The van der Waals surface area contributed by atoms with Crippen LogP contribution in [0.5, 0.6) is 0 Å². The summed E-state index contributed by atoms with van der Waals surface area (Å²) in [4.78, 5) is 0. The van der Waals surface area contributed by atoms with E-state index in [1.807, 2.05) is 54.1 Å². The second-order valence-corrected chi connectivity index (χ2v) is 6.38. The third-order valence-electron chi connectivity index (χ3n) is 4.28. The summed E-state index contributed by atoms with van der Waals surface area (Å²) in [6, 6.07) is 18.8. The Hall–Kier alpha value is -3.13. The number of allylic oxidation sites excluding steroid dienone is 5. The minimum absolute atomic E-state index is 0.970. The van der Waals surface area contributed by atoms with Crippen molar-refractivity contribution in [2.45, 2.75) is 20.8 Å². The Morgan fingerprint density at radius 3 is 2.50 bits per heavy atom. The smallest absolute Gasteiger partial charge is 0.0930 e. The minimum Gasteiger partial charge on any atom is -0.237 e. The molecule has 26 heavy (non-hydrogen) atoms. The van der Waals surface area contributed by atoms with Gasteiger partial charge in [-0.2, -0.15) is 5.10 Å². The predicted molar refractivity (Wildman–Crippen MR) is 111 cm³/mol. The van der Waals surface area contributed by atoms with Gasteiger partial charge in [0.25, 0.3) is 0 Å². The number of aromatic nitrogens is 2. The van der Waals surface area contributed by atoms with Crippen LogP contribution >= 0.6 is 0 Å². The van der Waals surface area contributed by atoms with Gasteiger partial charge in [0.05, 0.1) is 11.4 Å². The first-order chi connectivity index (χ1) is 12.6. The average molecular weight is 340 g/mol. The van der Waals surface area contributed by atoms with Gasteiger partial charge in [0.15, 0.2) is 0 Å². The number of benzene rings is 2. The van der Waals surface area contributed by atoms with Crippen LogP contribution in [0.1, 0.15) is 23.7 Å². The highest BCUT2D eigenvalue weighted by molar-refractivity contribution is 5.78. The molecule has 130 valence electrons. The average Bonchev–Trinajstić information content (AvgIpc) is 3.04. The van der Waals surface area contributed by atoms with Gasteiger partial charge in [-0.05, 0) is 44.5 Å². The number of hydrogen-bond donors (Lipinski definition) is 0. The summed E-state index contributed by atoms with van der Waals surface area (Å²) in [7, 11) is 0. The summed E-state index contributed by atoms with van der Waals surface area (Å²) in [5.74, 6) is 0. The van der Waals surface area contributed by atoms with E-state index in [1.165, 1.54) is 5.56 Å². The lowest BCUT2D eigenvalue weighted by molar-refractivity contribution is 0.847. The van der Waals surface area contributed by atoms with Crippen LogP contribution in [0.15, 0.2) is 85.5 Å². The molecule has 1 aromatic heterocycles. The fraction of sp³-hybridized carbons (Fsp3) is 0.125. The molecule has 0 saturated carbocycles. The maximum Gasteiger partial charge on any atom is 0.0930 e. The summed E-state index contributed by atoms with van der Waals surface area (Å²) in [6.45, 7) is 10.4. The van der Waals surface area contributed by atoms with Gasteiger partial charge in [0.2, 0.25) is 0 Å². The van der Waals surface area contributed by atoms with Crippen LogP contribution in [0.25, 0.3) is 22.5 Å². The molecule has 0 aliphatic carbocycles. The van der Waals surface area contributed by atoms with E-state index in [0.717, 1.165) is 33.8 Å². The summed E-state index contributed by atoms with van der Waals surface area (Å²) in [5.41, 5.74) is 7.51. The number of rotatable bonds is 5. The van der Waals surface area contributed by atoms with Crippen molar-refractivity contribution < 1.29 is 0 Å². The lowest BCUT2D eigenvalue weighted by Crippen LogP contribution is -2.03. The Kier molecular flexibility index (Phi) is 5.33. The van der Waals surface area contributed by atoms with Gasteiger partial charge in [0.1, 0.15) is 0 Å². The molecule has 0 unspecified atom stereocenters. The molecule has 2 nitrogen and oxygen atoms in total. The van der Waals surface area contributed by atoms with Gasteiger partial charge >= 0.3 is 0 Å². The summed E-state index contributed by atoms with van der Waals surface area (Å²) >= 11 is 0. The predicted octanol–water partition coefficient (Wildman–Crippen LogP) is 6.30. The summed E-state index contributed by atoms with van der Waals surface area (Å²) < 4.78 is 2.01. The zero-order valence-electron chi connectivity index (χ0n) is 15.6. The van der Waals surface area contributed by atoms with E-state index < -0.39 is 0 Å². The Bertz CT molecular complexity index is 973. The summed E-state index contributed by atoms with van der Waals surface area (Å²) in [5, 5.41) is 4.86. The zero-order chi connectivity index (χ0) is 18.5. The van der Waals surface area contributed by atoms with E-state index in [-0.39, 0.29) is 0 Å². The normalized spacial score (nSPS) is 11.5. The second kappa shape index (κ2) is 7.83. The Labute approximate surface area is 155 Å². The van der Waals surface area contributed by atoms with Gasteiger partial charge < -0.3 is 0 Å². The van der Waals surface area contributed by atoms with E-state index >= 15 is 0 Å². The van der Waals surface area contributed by atoms with Crippen molar-refractivity contribution in [1.82, 2.24) is 9.78 Å². The highest BCUT2D eigenvalue weighted by Crippen LogP contribution is 2.27. The van der Waals surface area contributed by atoms with Gasteiger partial charge in [-0.3, -0.25) is 0 Å². The van der Waals surface area contributed by atoms with Gasteiger partial charge in [-0.25, -0.2) is 4.68 Å². The first-order valence-corrected chi connectivity index (χ1v) is 8.82. The number of hydrogen-bond acceptors (Lipinski definition) is 1. The molecule has 0 radical (unpaired) electrons. The SMILES string of the molecule is C=C(/C=C\C=C/C)c1cc(C)ccc1-n1nc(-c2ccccc2)cc1C. The topological polar surface area (TPSA) is 17.8 Å². The lowest BCUT2D eigenvalue weighted by Gasteiger charge is -2.12. The van der Waals surface area contributed by atoms with E-state index in [9.17, 15) is 0 Å². The van der Waals surface area contributed by atoms with E-state index in [1.54, 1.807) is 0 Å². The quantitative estimate of drug-likeness (QED) is 0.498. The van der Waals surface area contributed by atoms with E-state index in [2.05, 4.69) is 56.8 Å². The monoisotopic (exact) mass is 340 g/mol. The Morgan fingerprint density at radius 2 is 1.77 bits per heavy atom. The van der Waals surface area contributed by atoms with E-state index in [0.29, 0.717) is 0 Å². The molecule has 0 amide bonds. The number of aryl methyl sites for hydroxylation is 2. The molecule has 1 heterocycles. The zero-order valence-corrected chi connectivity index (χ0v) is 15.6. The third-order valence-corrected chi connectivity index (χ3v) is 4.28. The highest BCUT2D eigenvalue weighted by atomic mass is 15.3. The van der Waals surface area contributed by atoms with Crippen LogP contribution in [0.2, 0.25) is 0 Å². The standard InChI is InChI=1S/C24H24N2/c1-5-6-8-11-19(3)22-16-18(2)14-15-24(22)26-20(4)17-23(25-26)21-12-9-7-10-13-21/h5-17H,3H2,1-2,4H3/b6-5-,11-8-. The Morgan fingerprint density at radius 1 is 1.00 bits per heavy atom. The van der Waals surface area contributed by atoms with Gasteiger partial charge in [-0.1, -0.05) is 72.8 Å². The van der Waals surface area contributed by atoms with Crippen LogP contribution < -0.4 is 0 Å². The summed E-state index contributed by atoms with van der Waals surface area (Å²) in [6.07, 6.45) is 8.06. The fourth-order valence-corrected chi connectivity index (χ4v) is 2.93. The molecular formula is C24H24N2. The van der Waals surface area contributed by atoms with Crippen molar-refractivity contribution in [3.8, 4) is 16.9 Å². The van der Waals surface area contributed by atoms with Crippen LogP contribution in [-0.2, 0) is 0 Å². The van der Waals surface area contributed by atoms with Gasteiger partial charge in [-0.15, -0.1) is 0 Å². The van der Waals surface area contributed by atoms with Crippen LogP contribution in [-0.4, -0.2) is 9.78 Å². The second-order valence-electron chi connectivity index (χ2n) is 6.38. The van der Waals surface area contributed by atoms with E-state index in [4.69, 9.17) is 5.10 Å². The number of nitrogens with zero attached hydrogens (tertiary/aromatic N) is 2. The molecule has 0 saturated heterocycles. The minimum atomic E-state index is 0.970. The molecule has 0 aliphatic rings. The molecular weight excluding hydrogens is 316 g/mol. The van der Waals surface area contributed by atoms with Crippen molar-refractivity contribution >= 4 is 5.57 Å². The van der Waals surface area contributed by atoms with Crippen molar-refractivity contribution in [3.63, 3.8) is 0 Å². The highest BCUT2D eigenvalue weighted by Gasteiger charge is 2.12. The van der Waals surface area contributed by atoms with Crippen LogP contribution in [0.3, 0.4) is 0 Å². The largest absolute Gasteiger partial charge is 0.237 e. The molecule has 3 aromatic rings. The first-order valence-electron chi connectivity index (χ1n) is 8.82. The first kappa shape index (κ1) is 17.7. The fourth-order valence-electron chi connectivity index (χ4n) is 2.93. The van der Waals surface area contributed by atoms with Crippen molar-refractivity contribution in [2.24, 2.45) is 0 Å².